The van der Waals surface area contributed by atoms with Gasteiger partial charge in [0.05, 0.1) is 6.04 Å². The highest BCUT2D eigenvalue weighted by Crippen LogP contribution is 2.47. The molecule has 1 N–H and O–H groups in total. The molecule has 2 atom stereocenters. The summed E-state index contributed by atoms with van der Waals surface area (Å²) >= 11 is 1.85. The topological polar surface area (TPSA) is 12.0 Å². The van der Waals surface area contributed by atoms with E-state index < -0.39 is 0 Å². The highest BCUT2D eigenvalue weighted by molar-refractivity contribution is 7.99. The Morgan fingerprint density at radius 2 is 1.50 bits per heavy atom. The molecule has 0 saturated carbocycles. The van der Waals surface area contributed by atoms with Gasteiger partial charge in [-0.05, 0) is 41.8 Å². The first-order valence-electron chi connectivity index (χ1n) is 8.12. The average Bonchev–Trinajstić information content (AvgIpc) is 2.83. The number of benzene rings is 3. The molecule has 0 bridgehead atoms. The van der Waals surface area contributed by atoms with Crippen molar-refractivity contribution in [2.24, 2.45) is 0 Å². The number of hydrogen-bond acceptors (Lipinski definition) is 2. The van der Waals surface area contributed by atoms with Crippen molar-refractivity contribution in [3.05, 3.63) is 95.8 Å². The molecule has 24 heavy (non-hydrogen) atoms. The van der Waals surface area contributed by atoms with Crippen molar-refractivity contribution in [3.8, 4) is 0 Å². The van der Waals surface area contributed by atoms with Crippen LogP contribution < -0.4 is 5.32 Å². The normalized spacial score (nSPS) is 19.9. The molecule has 120 valence electrons. The van der Waals surface area contributed by atoms with Crippen molar-refractivity contribution < 1.29 is 4.39 Å². The molecule has 0 spiro atoms. The molecule has 0 fully saturated rings. The number of fused-ring (bicyclic) bond motifs is 1. The fraction of sp³-hybridized carbons (Fsp3) is 0.143. The third kappa shape index (κ3) is 3.17. The van der Waals surface area contributed by atoms with Crippen molar-refractivity contribution in [3.63, 3.8) is 0 Å². The van der Waals surface area contributed by atoms with Crippen LogP contribution in [0.2, 0.25) is 0 Å². The van der Waals surface area contributed by atoms with Crippen molar-refractivity contribution >= 4 is 17.4 Å². The maximum atomic E-state index is 13.3. The van der Waals surface area contributed by atoms with Crippen LogP contribution in [0.25, 0.3) is 0 Å². The summed E-state index contributed by atoms with van der Waals surface area (Å²) in [4.78, 5) is 1.24. The van der Waals surface area contributed by atoms with Gasteiger partial charge < -0.3 is 5.32 Å². The summed E-state index contributed by atoms with van der Waals surface area (Å²) in [5.74, 6) is -0.185. The fourth-order valence-corrected chi connectivity index (χ4v) is 4.44. The molecular formula is C21H18FNS. The maximum Gasteiger partial charge on any atom is 0.123 e. The molecule has 1 nitrogen and oxygen atoms in total. The van der Waals surface area contributed by atoms with Gasteiger partial charge in [-0.3, -0.25) is 0 Å². The summed E-state index contributed by atoms with van der Waals surface area (Å²) in [5.41, 5.74) is 3.61. The van der Waals surface area contributed by atoms with Crippen LogP contribution in [0.15, 0.2) is 83.8 Å². The lowest BCUT2D eigenvalue weighted by atomic mass is 9.98. The lowest BCUT2D eigenvalue weighted by Crippen LogP contribution is -2.11. The molecule has 3 aromatic rings. The SMILES string of the molecule is Fc1ccc(C2CC(c3ccccc3)Nc3ccccc3S2)cc1. The van der Waals surface area contributed by atoms with Gasteiger partial charge >= 0.3 is 0 Å². The van der Waals surface area contributed by atoms with Gasteiger partial charge in [-0.1, -0.05) is 54.6 Å². The maximum absolute atomic E-state index is 13.3. The number of hydrogen-bond donors (Lipinski definition) is 1. The summed E-state index contributed by atoms with van der Waals surface area (Å²) < 4.78 is 13.3. The predicted octanol–water partition coefficient (Wildman–Crippen LogP) is 6.22. The first kappa shape index (κ1) is 15.3. The predicted molar refractivity (Wildman–Crippen MR) is 98.9 cm³/mol. The molecule has 3 aromatic carbocycles. The van der Waals surface area contributed by atoms with E-state index in [4.69, 9.17) is 0 Å². The third-order valence-electron chi connectivity index (χ3n) is 4.38. The molecule has 0 radical (unpaired) electrons. The van der Waals surface area contributed by atoms with E-state index in [2.05, 4.69) is 53.8 Å². The van der Waals surface area contributed by atoms with E-state index in [-0.39, 0.29) is 17.1 Å². The van der Waals surface area contributed by atoms with E-state index in [9.17, 15) is 4.39 Å². The summed E-state index contributed by atoms with van der Waals surface area (Å²) in [5, 5.41) is 3.98. The minimum Gasteiger partial charge on any atom is -0.377 e. The second kappa shape index (κ2) is 6.70. The Morgan fingerprint density at radius 1 is 0.792 bits per heavy atom. The number of thioether (sulfide) groups is 1. The Balaban J connectivity index is 1.73. The standard InChI is InChI=1S/C21H18FNS/c22-17-12-10-16(11-13-17)21-14-19(15-6-2-1-3-7-15)23-18-8-4-5-9-20(18)24-21/h1-13,19,21,23H,14H2. The molecule has 2 unspecified atom stereocenters. The van der Waals surface area contributed by atoms with E-state index in [0.717, 1.165) is 6.42 Å². The smallest absolute Gasteiger partial charge is 0.123 e. The van der Waals surface area contributed by atoms with Crippen molar-refractivity contribution in [2.75, 3.05) is 5.32 Å². The molecule has 4 rings (SSSR count). The average molecular weight is 335 g/mol. The third-order valence-corrected chi connectivity index (χ3v) is 5.74. The van der Waals surface area contributed by atoms with E-state index in [1.807, 2.05) is 30.0 Å². The van der Waals surface area contributed by atoms with Crippen molar-refractivity contribution in [1.29, 1.82) is 0 Å². The molecule has 1 aliphatic rings. The van der Waals surface area contributed by atoms with Gasteiger partial charge in [-0.25, -0.2) is 4.39 Å². The zero-order chi connectivity index (χ0) is 16.4. The first-order valence-corrected chi connectivity index (χ1v) is 9.00. The van der Waals surface area contributed by atoms with Crippen molar-refractivity contribution in [1.82, 2.24) is 0 Å². The largest absolute Gasteiger partial charge is 0.377 e. The summed E-state index contributed by atoms with van der Waals surface area (Å²) in [6, 6.07) is 26.1. The Hall–Kier alpha value is -2.26. The van der Waals surface area contributed by atoms with E-state index >= 15 is 0 Å². The summed E-state index contributed by atoms with van der Waals surface area (Å²) in [6.07, 6.45) is 0.953. The second-order valence-electron chi connectivity index (χ2n) is 6.00. The Labute approximate surface area is 145 Å². The van der Waals surface area contributed by atoms with E-state index in [0.29, 0.717) is 0 Å². The number of nitrogens with one attached hydrogen (secondary N) is 1. The van der Waals surface area contributed by atoms with Gasteiger partial charge in [-0.2, -0.15) is 0 Å². The Morgan fingerprint density at radius 3 is 2.29 bits per heavy atom. The molecular weight excluding hydrogens is 317 g/mol. The number of halogens is 1. The van der Waals surface area contributed by atoms with Crippen molar-refractivity contribution in [2.45, 2.75) is 22.6 Å². The highest BCUT2D eigenvalue weighted by atomic mass is 32.2. The zero-order valence-corrected chi connectivity index (χ0v) is 14.0. The summed E-state index contributed by atoms with van der Waals surface area (Å²) in [7, 11) is 0. The van der Waals surface area contributed by atoms with Crippen LogP contribution in [0, 0.1) is 5.82 Å². The van der Waals surface area contributed by atoms with E-state index in [1.165, 1.54) is 21.7 Å². The minimum absolute atomic E-state index is 0.185. The van der Waals surface area contributed by atoms with Crippen LogP contribution in [-0.4, -0.2) is 0 Å². The number of rotatable bonds is 2. The molecule has 0 saturated heterocycles. The second-order valence-corrected chi connectivity index (χ2v) is 7.24. The van der Waals surface area contributed by atoms with Crippen LogP contribution in [-0.2, 0) is 0 Å². The molecule has 0 amide bonds. The first-order chi connectivity index (χ1) is 11.8. The van der Waals surface area contributed by atoms with Crippen LogP contribution in [0.3, 0.4) is 0 Å². The lowest BCUT2D eigenvalue weighted by molar-refractivity contribution is 0.625. The number of para-hydroxylation sites is 1. The van der Waals surface area contributed by atoms with Gasteiger partial charge in [0.15, 0.2) is 0 Å². The summed E-state index contributed by atoms with van der Waals surface area (Å²) in [6.45, 7) is 0. The monoisotopic (exact) mass is 335 g/mol. The Kier molecular flexibility index (Phi) is 4.26. The van der Waals surface area contributed by atoms with Crippen LogP contribution in [0.5, 0.6) is 0 Å². The Bertz CT molecular complexity index is 817. The minimum atomic E-state index is -0.185. The van der Waals surface area contributed by atoms with E-state index in [1.54, 1.807) is 12.1 Å². The number of anilines is 1. The highest BCUT2D eigenvalue weighted by Gasteiger charge is 2.25. The molecule has 0 aliphatic carbocycles. The van der Waals surface area contributed by atoms with Crippen LogP contribution >= 0.6 is 11.8 Å². The van der Waals surface area contributed by atoms with Crippen LogP contribution in [0.4, 0.5) is 10.1 Å². The van der Waals surface area contributed by atoms with Gasteiger partial charge in [-0.15, -0.1) is 11.8 Å². The quantitative estimate of drug-likeness (QED) is 0.597. The molecule has 1 heterocycles. The molecule has 1 aliphatic heterocycles. The zero-order valence-electron chi connectivity index (χ0n) is 13.2. The fourth-order valence-electron chi connectivity index (χ4n) is 3.14. The van der Waals surface area contributed by atoms with Crippen LogP contribution in [0.1, 0.15) is 28.8 Å². The molecule has 3 heteroatoms. The van der Waals surface area contributed by atoms with Gasteiger partial charge in [0.2, 0.25) is 0 Å². The molecule has 0 aromatic heterocycles. The van der Waals surface area contributed by atoms with Gasteiger partial charge in [0, 0.05) is 15.8 Å². The lowest BCUT2D eigenvalue weighted by Gasteiger charge is -2.21. The van der Waals surface area contributed by atoms with Gasteiger partial charge in [0.25, 0.3) is 0 Å². The van der Waals surface area contributed by atoms with Gasteiger partial charge in [0.1, 0.15) is 5.82 Å².